The smallest absolute Gasteiger partial charge is 0.231 e. The second-order valence-corrected chi connectivity index (χ2v) is 5.54. The van der Waals surface area contributed by atoms with E-state index in [0.717, 1.165) is 10.7 Å². The van der Waals surface area contributed by atoms with Crippen LogP contribution in [0.15, 0.2) is 23.6 Å². The Morgan fingerprint density at radius 3 is 3.05 bits per heavy atom. The topological polar surface area (TPSA) is 60.5 Å². The van der Waals surface area contributed by atoms with E-state index in [4.69, 9.17) is 9.47 Å². The number of fused-ring (bicyclic) bond motifs is 1. The van der Waals surface area contributed by atoms with Gasteiger partial charge < -0.3 is 14.8 Å². The Kier molecular flexibility index (Phi) is 3.56. The number of hydrogen-bond acceptors (Lipinski definition) is 5. The first-order chi connectivity index (χ1) is 9.70. The molecule has 0 bridgehead atoms. The summed E-state index contributed by atoms with van der Waals surface area (Å²) in [4.78, 5) is 16.2. The number of aryl methyl sites for hydroxylation is 2. The van der Waals surface area contributed by atoms with Gasteiger partial charge in [0.15, 0.2) is 11.5 Å². The van der Waals surface area contributed by atoms with Crippen LogP contribution < -0.4 is 14.8 Å². The summed E-state index contributed by atoms with van der Waals surface area (Å²) in [6.45, 7) is 2.19. The fraction of sp³-hybridized carbons (Fsp3) is 0.286. The summed E-state index contributed by atoms with van der Waals surface area (Å²) >= 11 is 1.60. The summed E-state index contributed by atoms with van der Waals surface area (Å²) in [5.74, 6) is 1.34. The van der Waals surface area contributed by atoms with Crippen molar-refractivity contribution in [3.8, 4) is 11.5 Å². The fourth-order valence-electron chi connectivity index (χ4n) is 1.96. The van der Waals surface area contributed by atoms with Gasteiger partial charge in [-0.05, 0) is 25.5 Å². The Balaban J connectivity index is 1.56. The van der Waals surface area contributed by atoms with Crippen LogP contribution in [0, 0.1) is 6.92 Å². The minimum atomic E-state index is -0.0329. The third kappa shape index (κ3) is 2.91. The van der Waals surface area contributed by atoms with Gasteiger partial charge in [0.1, 0.15) is 0 Å². The highest BCUT2D eigenvalue weighted by Gasteiger charge is 2.14. The summed E-state index contributed by atoms with van der Waals surface area (Å²) in [5.41, 5.74) is 1.68. The van der Waals surface area contributed by atoms with Gasteiger partial charge in [-0.1, -0.05) is 0 Å². The Hall–Kier alpha value is -2.08. The first kappa shape index (κ1) is 12.9. The van der Waals surface area contributed by atoms with Crippen molar-refractivity contribution in [1.29, 1.82) is 0 Å². The van der Waals surface area contributed by atoms with Crippen molar-refractivity contribution < 1.29 is 14.3 Å². The largest absolute Gasteiger partial charge is 0.454 e. The van der Waals surface area contributed by atoms with Crippen molar-refractivity contribution in [2.24, 2.45) is 0 Å². The fourth-order valence-corrected chi connectivity index (χ4v) is 2.61. The van der Waals surface area contributed by atoms with E-state index in [-0.39, 0.29) is 12.7 Å². The molecule has 0 saturated heterocycles. The van der Waals surface area contributed by atoms with E-state index >= 15 is 0 Å². The second-order valence-electron chi connectivity index (χ2n) is 4.47. The van der Waals surface area contributed by atoms with Gasteiger partial charge in [0.25, 0.3) is 0 Å². The Labute approximate surface area is 120 Å². The van der Waals surface area contributed by atoms with Crippen LogP contribution in [0.25, 0.3) is 0 Å². The molecule has 1 aromatic carbocycles. The van der Waals surface area contributed by atoms with Crippen LogP contribution in [0.4, 0.5) is 5.69 Å². The quantitative estimate of drug-likeness (QED) is 0.940. The number of amides is 1. The molecule has 6 heteroatoms. The third-order valence-electron chi connectivity index (χ3n) is 2.93. The van der Waals surface area contributed by atoms with E-state index < -0.39 is 0 Å². The van der Waals surface area contributed by atoms with Crippen LogP contribution in [0.3, 0.4) is 0 Å². The van der Waals surface area contributed by atoms with Gasteiger partial charge in [-0.25, -0.2) is 4.98 Å². The molecular weight excluding hydrogens is 276 g/mol. The number of hydrogen-bond donors (Lipinski definition) is 1. The molecule has 1 aliphatic heterocycles. The van der Waals surface area contributed by atoms with Crippen LogP contribution in [0.1, 0.15) is 17.1 Å². The van der Waals surface area contributed by atoms with E-state index in [0.29, 0.717) is 30.0 Å². The normalized spacial score (nSPS) is 12.4. The molecule has 1 aliphatic rings. The lowest BCUT2D eigenvalue weighted by molar-refractivity contribution is -0.116. The molecule has 20 heavy (non-hydrogen) atoms. The summed E-state index contributed by atoms with van der Waals surface area (Å²) < 4.78 is 10.5. The highest BCUT2D eigenvalue weighted by atomic mass is 32.1. The number of thiazole rings is 1. The van der Waals surface area contributed by atoms with Gasteiger partial charge in [0.2, 0.25) is 12.7 Å². The minimum absolute atomic E-state index is 0.0329. The molecule has 0 radical (unpaired) electrons. The molecule has 1 N–H and O–H groups in total. The molecule has 3 rings (SSSR count). The molecule has 0 fully saturated rings. The van der Waals surface area contributed by atoms with Gasteiger partial charge in [-0.15, -0.1) is 11.3 Å². The van der Waals surface area contributed by atoms with E-state index in [1.807, 2.05) is 12.3 Å². The Morgan fingerprint density at radius 2 is 2.25 bits per heavy atom. The molecule has 2 heterocycles. The van der Waals surface area contributed by atoms with Crippen LogP contribution in [0.2, 0.25) is 0 Å². The van der Waals surface area contributed by atoms with Crippen LogP contribution in [-0.2, 0) is 11.2 Å². The highest BCUT2D eigenvalue weighted by molar-refractivity contribution is 7.09. The molecule has 1 aromatic heterocycles. The second kappa shape index (κ2) is 5.50. The minimum Gasteiger partial charge on any atom is -0.454 e. The number of anilines is 1. The number of ether oxygens (including phenoxy) is 2. The third-order valence-corrected chi connectivity index (χ3v) is 3.75. The van der Waals surface area contributed by atoms with Crippen molar-refractivity contribution in [3.05, 3.63) is 34.3 Å². The van der Waals surface area contributed by atoms with E-state index in [1.54, 1.807) is 29.5 Å². The number of nitrogens with one attached hydrogen (secondary N) is 1. The van der Waals surface area contributed by atoms with Gasteiger partial charge in [-0.3, -0.25) is 4.79 Å². The monoisotopic (exact) mass is 290 g/mol. The predicted molar refractivity (Wildman–Crippen MR) is 76.4 cm³/mol. The first-order valence-electron chi connectivity index (χ1n) is 6.31. The SMILES string of the molecule is Cc1nc(CCC(=O)Nc2ccc3c(c2)OCO3)cs1. The average molecular weight is 290 g/mol. The predicted octanol–water partition coefficient (Wildman–Crippen LogP) is 2.75. The molecular formula is C14H14N2O3S. The summed E-state index contributed by atoms with van der Waals surface area (Å²) in [7, 11) is 0. The number of rotatable bonds is 4. The van der Waals surface area contributed by atoms with Crippen LogP contribution in [-0.4, -0.2) is 17.7 Å². The van der Waals surface area contributed by atoms with E-state index in [9.17, 15) is 4.79 Å². The van der Waals surface area contributed by atoms with Crippen molar-refractivity contribution in [2.75, 3.05) is 12.1 Å². The molecule has 0 atom stereocenters. The summed E-state index contributed by atoms with van der Waals surface area (Å²) in [6, 6.07) is 5.37. The zero-order valence-electron chi connectivity index (χ0n) is 11.0. The molecule has 104 valence electrons. The summed E-state index contributed by atoms with van der Waals surface area (Å²) in [6.07, 6.45) is 1.07. The van der Waals surface area contributed by atoms with Crippen molar-refractivity contribution in [2.45, 2.75) is 19.8 Å². The Morgan fingerprint density at radius 1 is 1.40 bits per heavy atom. The molecule has 5 nitrogen and oxygen atoms in total. The van der Waals surface area contributed by atoms with Crippen molar-refractivity contribution in [1.82, 2.24) is 4.98 Å². The zero-order chi connectivity index (χ0) is 13.9. The van der Waals surface area contributed by atoms with Crippen molar-refractivity contribution in [3.63, 3.8) is 0 Å². The average Bonchev–Trinajstić information content (AvgIpc) is 3.04. The van der Waals surface area contributed by atoms with Gasteiger partial charge in [-0.2, -0.15) is 0 Å². The standard InChI is InChI=1S/C14H14N2O3S/c1-9-15-11(7-20-9)3-5-14(17)16-10-2-4-12-13(6-10)19-8-18-12/h2,4,6-7H,3,5,8H2,1H3,(H,16,17). The molecule has 0 unspecified atom stereocenters. The molecule has 0 spiro atoms. The number of carbonyl (C=O) groups is 1. The molecule has 0 aliphatic carbocycles. The molecule has 1 amide bonds. The number of carbonyl (C=O) groups excluding carboxylic acids is 1. The van der Waals surface area contributed by atoms with E-state index in [1.165, 1.54) is 0 Å². The van der Waals surface area contributed by atoms with Crippen molar-refractivity contribution >= 4 is 22.9 Å². The van der Waals surface area contributed by atoms with Gasteiger partial charge >= 0.3 is 0 Å². The first-order valence-corrected chi connectivity index (χ1v) is 7.19. The highest BCUT2D eigenvalue weighted by Crippen LogP contribution is 2.34. The lowest BCUT2D eigenvalue weighted by atomic mass is 10.2. The van der Waals surface area contributed by atoms with Crippen LogP contribution >= 0.6 is 11.3 Å². The maximum atomic E-state index is 11.9. The van der Waals surface area contributed by atoms with Gasteiger partial charge in [0.05, 0.1) is 10.7 Å². The van der Waals surface area contributed by atoms with Gasteiger partial charge in [0, 0.05) is 23.6 Å². The molecule has 0 saturated carbocycles. The number of nitrogens with zero attached hydrogens (tertiary/aromatic N) is 1. The lowest BCUT2D eigenvalue weighted by Gasteiger charge is -2.05. The zero-order valence-corrected chi connectivity index (χ0v) is 11.8. The Bertz CT molecular complexity index is 639. The molecule has 2 aromatic rings. The number of aromatic nitrogens is 1. The number of benzene rings is 1. The van der Waals surface area contributed by atoms with E-state index in [2.05, 4.69) is 10.3 Å². The van der Waals surface area contributed by atoms with Crippen LogP contribution in [0.5, 0.6) is 11.5 Å². The summed E-state index contributed by atoms with van der Waals surface area (Å²) in [5, 5.41) is 5.86. The maximum Gasteiger partial charge on any atom is 0.231 e. The lowest BCUT2D eigenvalue weighted by Crippen LogP contribution is -2.12. The maximum absolute atomic E-state index is 11.9.